The monoisotopic (exact) mass is 290 g/mol. The smallest absolute Gasteiger partial charge is 0.169 e. The summed E-state index contributed by atoms with van der Waals surface area (Å²) in [6, 6.07) is 3.93. The number of Topliss-reactive ketones (excluding diaryl/α,β-unsaturated/α-hetero) is 1. The van der Waals surface area contributed by atoms with E-state index in [9.17, 15) is 4.79 Å². The Kier molecular flexibility index (Phi) is 4.49. The SMILES string of the molecule is CCOC(C)(C)C(=O)Cc1ccc(Br)s1. The predicted octanol–water partition coefficient (Wildman–Crippen LogP) is 3.44. The molecule has 2 nitrogen and oxygen atoms in total. The molecule has 0 bridgehead atoms. The first kappa shape index (κ1) is 12.9. The Morgan fingerprint density at radius 3 is 2.67 bits per heavy atom. The first-order valence-corrected chi connectivity index (χ1v) is 6.48. The summed E-state index contributed by atoms with van der Waals surface area (Å²) in [5.74, 6) is 0.124. The molecular formula is C11H15BrO2S. The zero-order valence-corrected chi connectivity index (χ0v) is 11.6. The van der Waals surface area contributed by atoms with Gasteiger partial charge in [0.15, 0.2) is 5.78 Å². The number of hydrogen-bond donors (Lipinski definition) is 0. The van der Waals surface area contributed by atoms with Crippen LogP contribution < -0.4 is 0 Å². The van der Waals surface area contributed by atoms with Crippen molar-refractivity contribution in [1.82, 2.24) is 0 Å². The van der Waals surface area contributed by atoms with Crippen molar-refractivity contribution in [3.05, 3.63) is 20.8 Å². The second-order valence-electron chi connectivity index (χ2n) is 3.75. The van der Waals surface area contributed by atoms with E-state index in [1.165, 1.54) is 0 Å². The molecule has 1 aromatic rings. The third kappa shape index (κ3) is 3.70. The summed E-state index contributed by atoms with van der Waals surface area (Å²) in [6.45, 7) is 6.10. The van der Waals surface area contributed by atoms with Crippen LogP contribution in [0, 0.1) is 0 Å². The van der Waals surface area contributed by atoms with Crippen molar-refractivity contribution in [3.63, 3.8) is 0 Å². The average molecular weight is 291 g/mol. The molecule has 0 saturated carbocycles. The van der Waals surface area contributed by atoms with Gasteiger partial charge in [-0.05, 0) is 48.8 Å². The third-order valence-electron chi connectivity index (χ3n) is 2.14. The Bertz CT molecular complexity index is 344. The molecule has 1 heterocycles. The Balaban J connectivity index is 2.63. The van der Waals surface area contributed by atoms with Crippen LogP contribution in [0.4, 0.5) is 0 Å². The number of ether oxygens (including phenoxy) is 1. The second kappa shape index (κ2) is 5.23. The van der Waals surface area contributed by atoms with Crippen molar-refractivity contribution in [2.24, 2.45) is 0 Å². The van der Waals surface area contributed by atoms with Gasteiger partial charge in [0, 0.05) is 17.9 Å². The van der Waals surface area contributed by atoms with Crippen molar-refractivity contribution in [2.45, 2.75) is 32.8 Å². The zero-order valence-electron chi connectivity index (χ0n) is 9.17. The summed E-state index contributed by atoms with van der Waals surface area (Å²) in [5, 5.41) is 0. The Labute approximate surface area is 103 Å². The van der Waals surface area contributed by atoms with Crippen molar-refractivity contribution in [3.8, 4) is 0 Å². The maximum Gasteiger partial charge on any atom is 0.169 e. The molecule has 0 aliphatic rings. The van der Waals surface area contributed by atoms with Gasteiger partial charge in [-0.3, -0.25) is 4.79 Å². The summed E-state index contributed by atoms with van der Waals surface area (Å²) in [6.07, 6.45) is 0.448. The van der Waals surface area contributed by atoms with Crippen LogP contribution >= 0.6 is 27.3 Å². The van der Waals surface area contributed by atoms with Crippen LogP contribution in [0.2, 0.25) is 0 Å². The number of ketones is 1. The lowest BCUT2D eigenvalue weighted by molar-refractivity contribution is -0.139. The molecule has 84 valence electrons. The molecule has 0 spiro atoms. The van der Waals surface area contributed by atoms with E-state index >= 15 is 0 Å². The van der Waals surface area contributed by atoms with Crippen LogP contribution in [0.1, 0.15) is 25.6 Å². The molecule has 0 N–H and O–H groups in total. The van der Waals surface area contributed by atoms with E-state index in [1.807, 2.05) is 32.9 Å². The highest BCUT2D eigenvalue weighted by Gasteiger charge is 2.27. The van der Waals surface area contributed by atoms with E-state index in [0.717, 1.165) is 8.66 Å². The Morgan fingerprint density at radius 1 is 1.53 bits per heavy atom. The molecule has 0 aliphatic heterocycles. The lowest BCUT2D eigenvalue weighted by atomic mass is 10.00. The van der Waals surface area contributed by atoms with Gasteiger partial charge in [-0.2, -0.15) is 0 Å². The van der Waals surface area contributed by atoms with Crippen LogP contribution in [-0.4, -0.2) is 18.0 Å². The van der Waals surface area contributed by atoms with Gasteiger partial charge < -0.3 is 4.74 Å². The summed E-state index contributed by atoms with van der Waals surface area (Å²) in [4.78, 5) is 13.0. The van der Waals surface area contributed by atoms with Gasteiger partial charge in [-0.15, -0.1) is 11.3 Å². The molecule has 0 atom stereocenters. The van der Waals surface area contributed by atoms with Gasteiger partial charge in [0.25, 0.3) is 0 Å². The molecule has 0 aromatic carbocycles. The lowest BCUT2D eigenvalue weighted by Gasteiger charge is -2.22. The molecule has 0 saturated heterocycles. The van der Waals surface area contributed by atoms with E-state index < -0.39 is 5.60 Å². The molecule has 0 radical (unpaired) electrons. The Hall–Kier alpha value is -0.190. The summed E-state index contributed by atoms with van der Waals surface area (Å²) >= 11 is 4.97. The highest BCUT2D eigenvalue weighted by atomic mass is 79.9. The summed E-state index contributed by atoms with van der Waals surface area (Å²) in [5.41, 5.74) is -0.675. The van der Waals surface area contributed by atoms with E-state index in [0.29, 0.717) is 13.0 Å². The van der Waals surface area contributed by atoms with Gasteiger partial charge in [0.05, 0.1) is 3.79 Å². The molecule has 1 rings (SSSR count). The number of thiophene rings is 1. The number of carbonyl (C=O) groups is 1. The fourth-order valence-corrected chi connectivity index (χ4v) is 2.74. The van der Waals surface area contributed by atoms with Crippen LogP contribution in [0.25, 0.3) is 0 Å². The maximum absolute atomic E-state index is 11.9. The van der Waals surface area contributed by atoms with E-state index in [2.05, 4.69) is 15.9 Å². The van der Waals surface area contributed by atoms with Gasteiger partial charge in [-0.25, -0.2) is 0 Å². The van der Waals surface area contributed by atoms with Crippen molar-refractivity contribution in [1.29, 1.82) is 0 Å². The Morgan fingerprint density at radius 2 is 2.20 bits per heavy atom. The third-order valence-corrected chi connectivity index (χ3v) is 3.76. The first-order valence-electron chi connectivity index (χ1n) is 4.87. The van der Waals surface area contributed by atoms with Crippen LogP contribution in [0.5, 0.6) is 0 Å². The number of rotatable bonds is 5. The van der Waals surface area contributed by atoms with Gasteiger partial charge in [-0.1, -0.05) is 0 Å². The maximum atomic E-state index is 11.9. The zero-order chi connectivity index (χ0) is 11.5. The van der Waals surface area contributed by atoms with E-state index in [4.69, 9.17) is 4.74 Å². The quantitative estimate of drug-likeness (QED) is 0.830. The largest absolute Gasteiger partial charge is 0.368 e. The predicted molar refractivity (Wildman–Crippen MR) is 66.4 cm³/mol. The fourth-order valence-electron chi connectivity index (χ4n) is 1.26. The van der Waals surface area contributed by atoms with Crippen molar-refractivity contribution >= 4 is 33.0 Å². The summed E-state index contributed by atoms with van der Waals surface area (Å²) in [7, 11) is 0. The van der Waals surface area contributed by atoms with Gasteiger partial charge in [0.1, 0.15) is 5.60 Å². The number of hydrogen-bond acceptors (Lipinski definition) is 3. The molecule has 0 aliphatic carbocycles. The highest BCUT2D eigenvalue weighted by molar-refractivity contribution is 9.11. The second-order valence-corrected chi connectivity index (χ2v) is 6.30. The molecule has 1 aromatic heterocycles. The normalized spacial score (nSPS) is 11.7. The van der Waals surface area contributed by atoms with E-state index in [-0.39, 0.29) is 5.78 Å². The summed E-state index contributed by atoms with van der Waals surface area (Å²) < 4.78 is 6.47. The molecule has 0 amide bonds. The minimum absolute atomic E-state index is 0.124. The first-order chi connectivity index (χ1) is 6.95. The number of halogens is 1. The van der Waals surface area contributed by atoms with Crippen molar-refractivity contribution < 1.29 is 9.53 Å². The van der Waals surface area contributed by atoms with Crippen molar-refractivity contribution in [2.75, 3.05) is 6.61 Å². The molecule has 4 heteroatoms. The molecule has 0 fully saturated rings. The van der Waals surface area contributed by atoms with Gasteiger partial charge >= 0.3 is 0 Å². The highest BCUT2D eigenvalue weighted by Crippen LogP contribution is 2.24. The van der Waals surface area contributed by atoms with Crippen LogP contribution in [0.15, 0.2) is 15.9 Å². The van der Waals surface area contributed by atoms with Crippen LogP contribution in [-0.2, 0) is 16.0 Å². The standard InChI is InChI=1S/C11H15BrO2S/c1-4-14-11(2,3)9(13)7-8-5-6-10(12)15-8/h5-6H,4,7H2,1-3H3. The van der Waals surface area contributed by atoms with Crippen LogP contribution in [0.3, 0.4) is 0 Å². The topological polar surface area (TPSA) is 26.3 Å². The van der Waals surface area contributed by atoms with E-state index in [1.54, 1.807) is 11.3 Å². The molecule has 0 unspecified atom stereocenters. The van der Waals surface area contributed by atoms with Gasteiger partial charge in [0.2, 0.25) is 0 Å². The molecular weight excluding hydrogens is 276 g/mol. The number of carbonyl (C=O) groups excluding carboxylic acids is 1. The minimum Gasteiger partial charge on any atom is -0.368 e. The average Bonchev–Trinajstić information content (AvgIpc) is 2.51. The molecule has 15 heavy (non-hydrogen) atoms. The fraction of sp³-hybridized carbons (Fsp3) is 0.545. The minimum atomic E-state index is -0.675. The lowest BCUT2D eigenvalue weighted by Crippen LogP contribution is -2.36.